The van der Waals surface area contributed by atoms with Gasteiger partial charge in [-0.1, -0.05) is 24.3 Å². The third-order valence-electron chi connectivity index (χ3n) is 3.58. The molecule has 3 rings (SSSR count). The molecule has 1 aliphatic rings. The zero-order valence-corrected chi connectivity index (χ0v) is 10.6. The van der Waals surface area contributed by atoms with Crippen molar-refractivity contribution >= 4 is 0 Å². The molecule has 0 radical (unpaired) electrons. The number of hydrogen-bond donors (Lipinski definition) is 1. The largest absolute Gasteiger partial charge is 0.392 e. The van der Waals surface area contributed by atoms with Gasteiger partial charge in [-0.15, -0.1) is 0 Å². The fourth-order valence-electron chi connectivity index (χ4n) is 2.55. The van der Waals surface area contributed by atoms with Crippen molar-refractivity contribution in [2.24, 2.45) is 0 Å². The topological polar surface area (TPSA) is 56.9 Å². The Morgan fingerprint density at radius 3 is 2.68 bits per heavy atom. The molecule has 0 aliphatic heterocycles. The van der Waals surface area contributed by atoms with Gasteiger partial charge in [0.2, 0.25) is 0 Å². The summed E-state index contributed by atoms with van der Waals surface area (Å²) in [6.07, 6.45) is 3.16. The zero-order chi connectivity index (χ0) is 13.2. The van der Waals surface area contributed by atoms with Gasteiger partial charge in [-0.3, -0.25) is 4.98 Å². The Bertz CT molecular complexity index is 654. The van der Waals surface area contributed by atoms with E-state index >= 15 is 0 Å². The summed E-state index contributed by atoms with van der Waals surface area (Å²) in [7, 11) is 0. The first-order valence-corrected chi connectivity index (χ1v) is 6.45. The Morgan fingerprint density at radius 1 is 1.21 bits per heavy atom. The lowest BCUT2D eigenvalue weighted by Crippen LogP contribution is -1.96. The van der Waals surface area contributed by atoms with Crippen molar-refractivity contribution in [3.63, 3.8) is 0 Å². The third kappa shape index (κ3) is 2.11. The van der Waals surface area contributed by atoms with Crippen LogP contribution in [-0.4, -0.2) is 10.1 Å². The number of benzene rings is 1. The molecule has 2 aromatic rings. The smallest absolute Gasteiger partial charge is 0.101 e. The summed E-state index contributed by atoms with van der Waals surface area (Å²) in [6.45, 7) is 0.0308. The average molecular weight is 250 g/mol. The van der Waals surface area contributed by atoms with Gasteiger partial charge in [-0.2, -0.15) is 5.26 Å². The van der Waals surface area contributed by atoms with Crippen LogP contribution in [0.3, 0.4) is 0 Å². The number of nitrogens with zero attached hydrogens (tertiary/aromatic N) is 2. The molecule has 1 heterocycles. The van der Waals surface area contributed by atoms with Crippen LogP contribution in [0.25, 0.3) is 11.3 Å². The second-order valence-corrected chi connectivity index (χ2v) is 4.81. The number of aliphatic hydroxyl groups is 1. The van der Waals surface area contributed by atoms with Crippen LogP contribution in [0.1, 0.15) is 28.8 Å². The minimum Gasteiger partial charge on any atom is -0.392 e. The number of aliphatic hydroxyl groups excluding tert-OH is 1. The maximum atomic E-state index is 9.28. The quantitative estimate of drug-likeness (QED) is 0.891. The molecule has 0 atom stereocenters. The number of aromatic nitrogens is 1. The summed E-state index contributed by atoms with van der Waals surface area (Å²) in [5.41, 5.74) is 5.53. The Hall–Kier alpha value is -2.18. The maximum absolute atomic E-state index is 9.28. The van der Waals surface area contributed by atoms with E-state index in [0.717, 1.165) is 41.8 Å². The van der Waals surface area contributed by atoms with Gasteiger partial charge in [0, 0.05) is 11.3 Å². The number of aryl methyl sites for hydroxylation is 2. The second kappa shape index (κ2) is 4.83. The SMILES string of the molecule is N#Cc1cc2c(nc1-c1ccc(CO)cc1)CCC2. The molecule has 0 saturated heterocycles. The van der Waals surface area contributed by atoms with Crippen molar-refractivity contribution in [1.82, 2.24) is 4.98 Å². The lowest BCUT2D eigenvalue weighted by atomic mass is 10.0. The van der Waals surface area contributed by atoms with Crippen LogP contribution in [0.15, 0.2) is 30.3 Å². The van der Waals surface area contributed by atoms with E-state index in [9.17, 15) is 5.26 Å². The molecule has 94 valence electrons. The first-order chi connectivity index (χ1) is 9.31. The van der Waals surface area contributed by atoms with Crippen molar-refractivity contribution in [2.75, 3.05) is 0 Å². The minimum absolute atomic E-state index is 0.0308. The molecule has 0 saturated carbocycles. The summed E-state index contributed by atoms with van der Waals surface area (Å²) in [5.74, 6) is 0. The van der Waals surface area contributed by atoms with Crippen LogP contribution >= 0.6 is 0 Å². The van der Waals surface area contributed by atoms with Gasteiger partial charge in [0.05, 0.1) is 17.9 Å². The molecule has 1 aromatic carbocycles. The van der Waals surface area contributed by atoms with Gasteiger partial charge in [-0.05, 0) is 36.5 Å². The maximum Gasteiger partial charge on any atom is 0.101 e. The Balaban J connectivity index is 2.10. The summed E-state index contributed by atoms with van der Waals surface area (Å²) in [5, 5.41) is 18.3. The van der Waals surface area contributed by atoms with Crippen molar-refractivity contribution in [3.8, 4) is 17.3 Å². The van der Waals surface area contributed by atoms with E-state index in [1.54, 1.807) is 0 Å². The summed E-state index contributed by atoms with van der Waals surface area (Å²) in [4.78, 5) is 4.66. The normalized spacial score (nSPS) is 13.1. The molecular weight excluding hydrogens is 236 g/mol. The van der Waals surface area contributed by atoms with E-state index in [0.29, 0.717) is 5.56 Å². The van der Waals surface area contributed by atoms with Crippen LogP contribution in [0.4, 0.5) is 0 Å². The van der Waals surface area contributed by atoms with Crippen molar-refractivity contribution in [3.05, 3.63) is 52.7 Å². The average Bonchev–Trinajstić information content (AvgIpc) is 2.93. The first-order valence-electron chi connectivity index (χ1n) is 6.45. The highest BCUT2D eigenvalue weighted by atomic mass is 16.3. The molecule has 1 aromatic heterocycles. The van der Waals surface area contributed by atoms with E-state index in [1.165, 1.54) is 5.56 Å². The first kappa shape index (κ1) is 11.9. The summed E-state index contributed by atoms with van der Waals surface area (Å²) < 4.78 is 0. The van der Waals surface area contributed by atoms with Gasteiger partial charge < -0.3 is 5.11 Å². The Labute approximate surface area is 112 Å². The van der Waals surface area contributed by atoms with Crippen LogP contribution in [0.5, 0.6) is 0 Å². The fourth-order valence-corrected chi connectivity index (χ4v) is 2.55. The highest BCUT2D eigenvalue weighted by molar-refractivity contribution is 5.67. The molecule has 3 heteroatoms. The lowest BCUT2D eigenvalue weighted by Gasteiger charge is -2.07. The predicted octanol–water partition coefficient (Wildman–Crippen LogP) is 2.60. The van der Waals surface area contributed by atoms with E-state index < -0.39 is 0 Å². The molecule has 0 bridgehead atoms. The molecule has 1 aliphatic carbocycles. The van der Waals surface area contributed by atoms with E-state index in [2.05, 4.69) is 11.1 Å². The Kier molecular flexibility index (Phi) is 3.02. The number of pyridine rings is 1. The molecule has 3 nitrogen and oxygen atoms in total. The summed E-state index contributed by atoms with van der Waals surface area (Å²) in [6, 6.07) is 11.8. The van der Waals surface area contributed by atoms with E-state index in [1.807, 2.05) is 30.3 Å². The second-order valence-electron chi connectivity index (χ2n) is 4.81. The van der Waals surface area contributed by atoms with Crippen LogP contribution in [0.2, 0.25) is 0 Å². The molecular formula is C16H14N2O. The molecule has 0 spiro atoms. The minimum atomic E-state index is 0.0308. The van der Waals surface area contributed by atoms with Crippen molar-refractivity contribution in [1.29, 1.82) is 5.26 Å². The molecule has 1 N–H and O–H groups in total. The number of fused-ring (bicyclic) bond motifs is 1. The van der Waals surface area contributed by atoms with Crippen LogP contribution < -0.4 is 0 Å². The zero-order valence-electron chi connectivity index (χ0n) is 10.6. The molecule has 0 amide bonds. The highest BCUT2D eigenvalue weighted by Crippen LogP contribution is 2.28. The van der Waals surface area contributed by atoms with Gasteiger partial charge in [-0.25, -0.2) is 0 Å². The van der Waals surface area contributed by atoms with Crippen LogP contribution in [0, 0.1) is 11.3 Å². The molecule has 0 unspecified atom stereocenters. The fraction of sp³-hybridized carbons (Fsp3) is 0.250. The van der Waals surface area contributed by atoms with Crippen LogP contribution in [-0.2, 0) is 19.4 Å². The van der Waals surface area contributed by atoms with Crippen molar-refractivity contribution in [2.45, 2.75) is 25.9 Å². The third-order valence-corrected chi connectivity index (χ3v) is 3.58. The van der Waals surface area contributed by atoms with Gasteiger partial charge in [0.25, 0.3) is 0 Å². The van der Waals surface area contributed by atoms with E-state index in [4.69, 9.17) is 5.11 Å². The van der Waals surface area contributed by atoms with Crippen molar-refractivity contribution < 1.29 is 5.11 Å². The van der Waals surface area contributed by atoms with Gasteiger partial charge in [0.15, 0.2) is 0 Å². The lowest BCUT2D eigenvalue weighted by molar-refractivity contribution is 0.282. The number of nitriles is 1. The molecule has 19 heavy (non-hydrogen) atoms. The number of rotatable bonds is 2. The van der Waals surface area contributed by atoms with Gasteiger partial charge >= 0.3 is 0 Å². The monoisotopic (exact) mass is 250 g/mol. The predicted molar refractivity (Wildman–Crippen MR) is 72.3 cm³/mol. The van der Waals surface area contributed by atoms with E-state index in [-0.39, 0.29) is 6.61 Å². The Morgan fingerprint density at radius 2 is 2.00 bits per heavy atom. The standard InChI is InChI=1S/C16H14N2O/c17-9-14-8-13-2-1-3-15(13)18-16(14)12-6-4-11(10-19)5-7-12/h4-8,19H,1-3,10H2. The van der Waals surface area contributed by atoms with Gasteiger partial charge in [0.1, 0.15) is 6.07 Å². The summed E-state index contributed by atoms with van der Waals surface area (Å²) >= 11 is 0. The highest BCUT2D eigenvalue weighted by Gasteiger charge is 2.17. The number of hydrogen-bond acceptors (Lipinski definition) is 3. The molecule has 0 fully saturated rings.